The molecule has 650 valence electrons. The Morgan fingerprint density at radius 1 is 0.276 bits per heavy atom. The number of allylic oxidation sites excluding steroid dienone is 24. The molecule has 0 aromatic carbocycles. The highest BCUT2D eigenvalue weighted by Gasteiger charge is 2.28. The van der Waals surface area contributed by atoms with Crippen LogP contribution in [0.2, 0.25) is 0 Å². The molecule has 0 aromatic rings. The van der Waals surface area contributed by atoms with Gasteiger partial charge in [-0.05, 0) is 289 Å². The molecule has 0 fully saturated rings. The Bertz CT molecular complexity index is 2950. The van der Waals surface area contributed by atoms with Crippen LogP contribution in [0.1, 0.15) is 314 Å². The predicted molar refractivity (Wildman–Crippen MR) is 466 cm³/mol. The van der Waals surface area contributed by atoms with E-state index in [-0.39, 0.29) is 126 Å². The van der Waals surface area contributed by atoms with E-state index in [0.717, 1.165) is 180 Å². The molecule has 0 spiro atoms. The Labute approximate surface area is 700 Å². The molecule has 18 nitrogen and oxygen atoms in total. The monoisotopic (exact) mass is 1610 g/mol. The fraction of sp³-hybridized carbons (Fsp3) is 0.673. The highest BCUT2D eigenvalue weighted by molar-refractivity contribution is 5.75. The Kier molecular flexibility index (Phi) is 53.8. The van der Waals surface area contributed by atoms with Crippen molar-refractivity contribution in [3.8, 4) is 0 Å². The maximum atomic E-state index is 13.2. The Hall–Kier alpha value is -7.44. The maximum absolute atomic E-state index is 13.2. The van der Waals surface area contributed by atoms with Gasteiger partial charge in [-0.15, -0.1) is 0 Å². The summed E-state index contributed by atoms with van der Waals surface area (Å²) in [6.07, 6.45) is 55.7. The third kappa shape index (κ3) is 50.4. The van der Waals surface area contributed by atoms with Gasteiger partial charge < -0.3 is 47.7 Å². The van der Waals surface area contributed by atoms with E-state index in [1.807, 2.05) is 9.80 Å². The lowest BCUT2D eigenvalue weighted by Gasteiger charge is -2.23. The lowest BCUT2D eigenvalue weighted by Crippen LogP contribution is -2.31. The molecule has 4 atom stereocenters. The lowest BCUT2D eigenvalue weighted by molar-refractivity contribution is -0.155. The van der Waals surface area contributed by atoms with E-state index in [2.05, 4.69) is 156 Å². The molecule has 0 aromatic heterocycles. The smallest absolute Gasteiger partial charge is 0.309 e. The van der Waals surface area contributed by atoms with Gasteiger partial charge in [-0.2, -0.15) is 0 Å². The second-order valence-corrected chi connectivity index (χ2v) is 33.6. The molecule has 0 saturated carbocycles. The summed E-state index contributed by atoms with van der Waals surface area (Å²) in [5.74, 6) is -3.82. The fourth-order valence-electron chi connectivity index (χ4n) is 14.7. The van der Waals surface area contributed by atoms with Gasteiger partial charge in [0.1, 0.15) is 52.9 Å². The summed E-state index contributed by atoms with van der Waals surface area (Å²) >= 11 is 0. The molecular formula is C98H152N2O16. The number of hydrogen-bond acceptors (Lipinski definition) is 18. The maximum Gasteiger partial charge on any atom is 0.309 e. The fourth-order valence-corrected chi connectivity index (χ4v) is 14.7. The molecule has 116 heavy (non-hydrogen) atoms. The van der Waals surface area contributed by atoms with Crippen LogP contribution in [-0.2, 0) is 76.3 Å². The highest BCUT2D eigenvalue weighted by atomic mass is 16.6. The molecule has 0 N–H and O–H groups in total. The summed E-state index contributed by atoms with van der Waals surface area (Å²) in [4.78, 5) is 109. The summed E-state index contributed by atoms with van der Waals surface area (Å²) < 4.78 is 44.5. The van der Waals surface area contributed by atoms with Gasteiger partial charge in [0.05, 0.1) is 49.4 Å². The van der Waals surface area contributed by atoms with Crippen molar-refractivity contribution in [1.29, 1.82) is 0 Å². The van der Waals surface area contributed by atoms with Crippen LogP contribution in [0.25, 0.3) is 0 Å². The molecule has 0 bridgehead atoms. The van der Waals surface area contributed by atoms with Crippen LogP contribution < -0.4 is 0 Å². The van der Waals surface area contributed by atoms with Gasteiger partial charge in [0.25, 0.3) is 0 Å². The first-order valence-corrected chi connectivity index (χ1v) is 44.4. The number of carbonyl (C=O) groups excluding carboxylic acids is 8. The second-order valence-electron chi connectivity index (χ2n) is 33.6. The van der Waals surface area contributed by atoms with Crippen molar-refractivity contribution >= 4 is 47.8 Å². The van der Waals surface area contributed by atoms with E-state index in [1.165, 1.54) is 66.9 Å². The minimum atomic E-state index is -0.450. The molecular weight excluding hydrogens is 1460 g/mol. The number of rotatable bonds is 59. The van der Waals surface area contributed by atoms with Gasteiger partial charge in [-0.25, -0.2) is 0 Å². The minimum absolute atomic E-state index is 0.0384. The van der Waals surface area contributed by atoms with Crippen molar-refractivity contribution < 1.29 is 76.3 Å². The van der Waals surface area contributed by atoms with Crippen molar-refractivity contribution in [3.05, 3.63) is 140 Å². The quantitative estimate of drug-likeness (QED) is 0.0239. The average molecular weight is 1610 g/mol. The Morgan fingerprint density at radius 3 is 0.690 bits per heavy atom. The van der Waals surface area contributed by atoms with E-state index >= 15 is 0 Å². The largest absolute Gasteiger partial charge is 0.462 e. The van der Waals surface area contributed by atoms with Gasteiger partial charge >= 0.3 is 47.8 Å². The standard InChI is InChI=1S/C98H152N2O16/c1-75(2)25-17-29-79(9)33-21-37-83-41-49-87(50-42-83)95(105)113-71-67-109-91(101)57-63-99(64-58-92(102)110-68-72-114-96(106)88-51-43-84(44-52-88)38-22-34-80(10)30-18-26-76(3)4)61-15-13-14-16-62-100(65-59-93(103)111-69-73-115-97(107)89-53-45-85(46-54-89)39-23-35-81(11)31-19-27-77(5)6)66-60-94(104)112-70-74-116-98(108)90-55-47-86(48-56-90)40-24-36-82(12)32-20-28-78(7)8/h25-28,33-36,41,43,45,47,87-90H,13-24,29-32,37-40,42,44,46,48-74H2,1-12H3/b79-33+,80-34+,81-35+,82-36+. The second kappa shape index (κ2) is 61.8. The van der Waals surface area contributed by atoms with Crippen LogP contribution >= 0.6 is 0 Å². The summed E-state index contributed by atoms with van der Waals surface area (Å²) in [5.41, 5.74) is 16.5. The van der Waals surface area contributed by atoms with E-state index in [4.69, 9.17) is 37.9 Å². The van der Waals surface area contributed by atoms with E-state index < -0.39 is 23.9 Å². The number of esters is 8. The number of nitrogens with zero attached hydrogens (tertiary/aromatic N) is 2. The van der Waals surface area contributed by atoms with E-state index in [1.54, 1.807) is 0 Å². The molecule has 4 aliphatic carbocycles. The van der Waals surface area contributed by atoms with Gasteiger partial charge in [0, 0.05) is 26.2 Å². The molecule has 0 radical (unpaired) electrons. The van der Waals surface area contributed by atoms with Crippen LogP contribution in [0.15, 0.2) is 140 Å². The highest BCUT2D eigenvalue weighted by Crippen LogP contribution is 2.32. The van der Waals surface area contributed by atoms with Crippen molar-refractivity contribution in [3.63, 3.8) is 0 Å². The van der Waals surface area contributed by atoms with Gasteiger partial charge in [0.15, 0.2) is 0 Å². The Balaban J connectivity index is 1.28. The zero-order chi connectivity index (χ0) is 84.5. The van der Waals surface area contributed by atoms with E-state index in [9.17, 15) is 38.4 Å². The molecule has 18 heteroatoms. The zero-order valence-electron chi connectivity index (χ0n) is 74.0. The lowest BCUT2D eigenvalue weighted by atomic mass is 9.87. The van der Waals surface area contributed by atoms with Crippen LogP contribution in [0.3, 0.4) is 0 Å². The summed E-state index contributed by atoms with van der Waals surface area (Å²) in [5, 5.41) is 0. The van der Waals surface area contributed by atoms with Gasteiger partial charge in [-0.1, -0.05) is 153 Å². The summed E-state index contributed by atoms with van der Waals surface area (Å²) in [6, 6.07) is 0. The molecule has 0 heterocycles. The first-order valence-electron chi connectivity index (χ1n) is 44.4. The summed E-state index contributed by atoms with van der Waals surface area (Å²) in [6.45, 7) is 27.7. The minimum Gasteiger partial charge on any atom is -0.462 e. The van der Waals surface area contributed by atoms with E-state index in [0.29, 0.717) is 65.0 Å². The third-order valence-electron chi connectivity index (χ3n) is 22.1. The zero-order valence-corrected chi connectivity index (χ0v) is 74.0. The van der Waals surface area contributed by atoms with Crippen LogP contribution in [0.4, 0.5) is 0 Å². The Morgan fingerprint density at radius 2 is 0.491 bits per heavy atom. The molecule has 0 amide bonds. The van der Waals surface area contributed by atoms with Crippen molar-refractivity contribution in [1.82, 2.24) is 9.80 Å². The number of ether oxygens (including phenoxy) is 8. The molecule has 4 unspecified atom stereocenters. The van der Waals surface area contributed by atoms with Gasteiger partial charge in [0.2, 0.25) is 0 Å². The SMILES string of the molecule is CC(C)=CCC/C(C)=C/CCC1=CCC(C(=O)OCCOC(=O)CCN(CCCCCCN(CCC(=O)OCCOC(=O)C2CC=C(CC/C=C(\C)CCC=C(C)C)CC2)CCC(=O)OCCOC(=O)C2CC=C(CC/C=C(\C)CCC=C(C)C)CC2)CCC(=O)OCCOC(=O)C2CC=C(CC/C=C(\C)CCC=C(C)C)CC2)CC1. The first kappa shape index (κ1) is 101. The number of unbranched alkanes of at least 4 members (excludes halogenated alkanes) is 3. The third-order valence-corrected chi connectivity index (χ3v) is 22.1. The van der Waals surface area contributed by atoms with Crippen molar-refractivity contribution in [2.75, 3.05) is 92.1 Å². The number of carbonyl (C=O) groups is 8. The van der Waals surface area contributed by atoms with Crippen molar-refractivity contribution in [2.45, 2.75) is 314 Å². The molecule has 4 rings (SSSR count). The molecule has 4 aliphatic rings. The molecule has 0 aliphatic heterocycles. The average Bonchev–Trinajstić information content (AvgIpc) is 0.907. The number of hydrogen-bond donors (Lipinski definition) is 0. The first-order chi connectivity index (χ1) is 55.8. The van der Waals surface area contributed by atoms with Crippen molar-refractivity contribution in [2.24, 2.45) is 23.7 Å². The topological polar surface area (TPSA) is 217 Å². The van der Waals surface area contributed by atoms with Crippen LogP contribution in [-0.4, -0.2) is 150 Å². The normalized spacial score (nSPS) is 17.3. The van der Waals surface area contributed by atoms with Crippen LogP contribution in [0, 0.1) is 23.7 Å². The van der Waals surface area contributed by atoms with Gasteiger partial charge in [-0.3, -0.25) is 38.4 Å². The van der Waals surface area contributed by atoms with Crippen LogP contribution in [0.5, 0.6) is 0 Å². The summed E-state index contributed by atoms with van der Waals surface area (Å²) in [7, 11) is 0. The molecule has 0 saturated heterocycles. The predicted octanol–water partition coefficient (Wildman–Crippen LogP) is 21.9.